The van der Waals surface area contributed by atoms with Gasteiger partial charge in [0.2, 0.25) is 5.36 Å². The first-order chi connectivity index (χ1) is 38.6. The molecule has 2 aliphatic carbocycles. The molecule has 448 valence electrons. The number of aromatic nitrogens is 1. The van der Waals surface area contributed by atoms with Gasteiger partial charge in [-0.2, -0.15) is 16.8 Å². The van der Waals surface area contributed by atoms with Crippen LogP contribution in [0.15, 0.2) is 136 Å². The average molecular weight is 1240 g/mol. The molecule has 0 unspecified atom stereocenters. The van der Waals surface area contributed by atoms with Crippen LogP contribution in [0.2, 0.25) is 0 Å². The summed E-state index contributed by atoms with van der Waals surface area (Å²) >= 11 is 1.84. The van der Waals surface area contributed by atoms with Gasteiger partial charge in [0.15, 0.2) is 5.71 Å². The highest BCUT2D eigenvalue weighted by Gasteiger charge is 2.18. The molecule has 3 aliphatic rings. The summed E-state index contributed by atoms with van der Waals surface area (Å²) in [6.45, 7) is 36.7. The Morgan fingerprint density at radius 2 is 0.963 bits per heavy atom. The molecule has 4 aromatic rings. The fourth-order valence-electron chi connectivity index (χ4n) is 8.97. The smallest absolute Gasteiger partial charge is 0.324 e. The predicted octanol–water partition coefficient (Wildman–Crippen LogP) is 9.31. The molecule has 0 saturated heterocycles. The molecule has 6 N–H and O–H groups in total. The van der Waals surface area contributed by atoms with E-state index in [2.05, 4.69) is 138 Å². The van der Waals surface area contributed by atoms with Crippen molar-refractivity contribution >= 4 is 113 Å². The first-order valence-electron chi connectivity index (χ1n) is 27.9. The first-order valence-corrected chi connectivity index (χ1v) is 34.2. The summed E-state index contributed by atoms with van der Waals surface area (Å²) < 4.78 is 68.6. The average Bonchev–Trinajstić information content (AvgIpc) is 3.64. The molecular formula is C60H86ClN10O6S5+. The maximum absolute atomic E-state index is 11.5. The van der Waals surface area contributed by atoms with Crippen LogP contribution in [0.25, 0.3) is 20.8 Å². The van der Waals surface area contributed by atoms with Gasteiger partial charge in [-0.25, -0.2) is 19.1 Å². The number of benzene rings is 5. The van der Waals surface area contributed by atoms with Crippen molar-refractivity contribution in [1.82, 2.24) is 9.56 Å². The monoisotopic (exact) mass is 1240 g/mol. The van der Waals surface area contributed by atoms with Crippen LogP contribution in [-0.4, -0.2) is 125 Å². The Kier molecular flexibility index (Phi) is 30.0. The van der Waals surface area contributed by atoms with Gasteiger partial charge in [0.1, 0.15) is 26.2 Å². The zero-order chi connectivity index (χ0) is 59.9. The number of aliphatic imine (C=N–C) groups is 1. The van der Waals surface area contributed by atoms with E-state index in [1.807, 2.05) is 87.6 Å². The lowest BCUT2D eigenvalue weighted by atomic mass is 10.1. The quantitative estimate of drug-likeness (QED) is 0.0132. The van der Waals surface area contributed by atoms with E-state index >= 15 is 0 Å². The van der Waals surface area contributed by atoms with Crippen LogP contribution < -0.4 is 53.4 Å². The summed E-state index contributed by atoms with van der Waals surface area (Å²) in [6.07, 6.45) is 7.83. The maximum atomic E-state index is 11.5. The van der Waals surface area contributed by atoms with Gasteiger partial charge in [-0.1, -0.05) is 0 Å². The van der Waals surface area contributed by atoms with E-state index < -0.39 is 18.3 Å². The van der Waals surface area contributed by atoms with Gasteiger partial charge in [-0.15, -0.1) is 11.3 Å². The number of hydrogen-bond donors (Lipinski definition) is 4. The molecule has 0 spiro atoms. The number of nitrogens with zero attached hydrogens (tertiary/aromatic N) is 8. The largest absolute Gasteiger partial charge is 1.00 e. The topological polar surface area (TPSA) is 205 Å². The third-order valence-electron chi connectivity index (χ3n) is 13.4. The molecule has 0 amide bonds. The Labute approximate surface area is 506 Å². The fourth-order valence-corrected chi connectivity index (χ4v) is 13.4. The maximum Gasteiger partial charge on any atom is 0.324 e. The minimum atomic E-state index is -4.24. The second-order valence-electron chi connectivity index (χ2n) is 18.2. The number of hydrogen-bond acceptors (Lipinski definition) is 15. The van der Waals surface area contributed by atoms with Gasteiger partial charge < -0.3 is 43.5 Å². The molecule has 4 aromatic carbocycles. The van der Waals surface area contributed by atoms with E-state index in [1.54, 1.807) is 24.3 Å². The number of halogens is 1. The SMILES string of the molecule is CCN(CC)c1ccc(N)c(SS(=O)(=O)O)c1.CCN(CC)c1ccc(N)cc1.CCN(CC)c1ccc(N=C2C=CC(=[N+](CC)CC)C=C2)c(SS(=O)(=O)O)c1.CCN(CC)c1ccc2nc3ccc(=[N+](CC)CC)cc-3sc2c1.[Cl-]. The molecule has 82 heavy (non-hydrogen) atoms. The number of rotatable bonds is 21. The van der Waals surface area contributed by atoms with Crippen molar-refractivity contribution in [3.8, 4) is 10.6 Å². The number of fused-ring (bicyclic) bond motifs is 2. The van der Waals surface area contributed by atoms with E-state index in [4.69, 9.17) is 21.0 Å². The van der Waals surface area contributed by atoms with Crippen molar-refractivity contribution < 1.29 is 42.9 Å². The Bertz CT molecular complexity index is 3350. The number of allylic oxidation sites excluding steroid dienone is 4. The molecule has 16 nitrogen and oxygen atoms in total. The lowest BCUT2D eigenvalue weighted by molar-refractivity contribution is -0.519. The second kappa shape index (κ2) is 34.8. The molecular weight excluding hydrogens is 1150 g/mol. The molecule has 22 heteroatoms. The molecule has 0 fully saturated rings. The van der Waals surface area contributed by atoms with Crippen LogP contribution >= 0.6 is 32.9 Å². The minimum Gasteiger partial charge on any atom is -1.00 e. The van der Waals surface area contributed by atoms with Crippen LogP contribution in [0, 0.1) is 0 Å². The minimum absolute atomic E-state index is 0. The third kappa shape index (κ3) is 21.5. The number of anilines is 6. The molecule has 0 saturated carbocycles. The highest BCUT2D eigenvalue weighted by Crippen LogP contribution is 2.37. The Morgan fingerprint density at radius 3 is 1.45 bits per heavy atom. The predicted molar refractivity (Wildman–Crippen MR) is 352 cm³/mol. The van der Waals surface area contributed by atoms with Crippen molar-refractivity contribution in [3.63, 3.8) is 0 Å². The lowest BCUT2D eigenvalue weighted by Gasteiger charge is -2.22. The molecule has 0 radical (unpaired) electrons. The van der Waals surface area contributed by atoms with Crippen molar-refractivity contribution in [3.05, 3.63) is 127 Å². The summed E-state index contributed by atoms with van der Waals surface area (Å²) in [6, 6.07) is 31.8. The highest BCUT2D eigenvalue weighted by molar-refractivity contribution is 8.70. The van der Waals surface area contributed by atoms with E-state index in [9.17, 15) is 21.4 Å². The second-order valence-corrected chi connectivity index (χ2v) is 25.7. The third-order valence-corrected chi connectivity index (χ3v) is 18.3. The van der Waals surface area contributed by atoms with Crippen molar-refractivity contribution in [2.75, 3.05) is 110 Å². The van der Waals surface area contributed by atoms with Crippen LogP contribution in [0.5, 0.6) is 0 Å². The molecule has 0 aromatic heterocycles. The van der Waals surface area contributed by atoms with E-state index in [1.165, 1.54) is 26.3 Å². The van der Waals surface area contributed by atoms with E-state index in [0.29, 0.717) is 42.8 Å². The van der Waals surface area contributed by atoms with Crippen LogP contribution in [-0.2, 0) is 18.3 Å². The van der Waals surface area contributed by atoms with Crippen LogP contribution in [0.3, 0.4) is 0 Å². The number of nitrogens with two attached hydrogens (primary N) is 2. The molecule has 1 aliphatic heterocycles. The zero-order valence-electron chi connectivity index (χ0n) is 49.7. The Morgan fingerprint density at radius 1 is 0.524 bits per heavy atom. The van der Waals surface area contributed by atoms with E-state index in [-0.39, 0.29) is 12.4 Å². The van der Waals surface area contributed by atoms with Gasteiger partial charge in [0.05, 0.1) is 42.0 Å². The van der Waals surface area contributed by atoms with Gasteiger partial charge >= 0.3 is 18.3 Å². The van der Waals surface area contributed by atoms with Crippen molar-refractivity contribution in [2.24, 2.45) is 4.99 Å². The summed E-state index contributed by atoms with van der Waals surface area (Å²) in [5.41, 5.74) is 21.2. The standard InChI is InChI=1S/C20H27N3O3S2.C20H26N3S.C10H16N2O3S2.C10H16N2.ClH/c1-5-22(6-2)17-11-9-16(10-12-17)21-19-14-13-18(23(7-3)8-4)15-20(19)27-28(24,25)26;1-5-22(6-2)15-9-11-17-19(13-15)24-20-14-16(23(7-3)8-4)10-12-18(20)21-17;1-3-12(4-2)8-5-6-9(11)10(7-8)16-17(13,14)15;1-3-12(4-2)10-7-5-9(11)6-8-10;/h9-15H,5-8H2,1-4H3;9-14H,5-8H2,1-4H3;5-7H,3-4,11H2,1-2H3,(H,13,14,15);5-8H,3-4,11H2,1-2H3;1H/q;+1;;;. The van der Waals surface area contributed by atoms with Crippen molar-refractivity contribution in [2.45, 2.75) is 92.9 Å². The Balaban J connectivity index is 0.000000298. The van der Waals surface area contributed by atoms with Crippen LogP contribution in [0.1, 0.15) is 83.1 Å². The van der Waals surface area contributed by atoms with Gasteiger partial charge in [0.25, 0.3) is 0 Å². The van der Waals surface area contributed by atoms with E-state index in [0.717, 1.165) is 118 Å². The zero-order valence-corrected chi connectivity index (χ0v) is 54.5. The molecule has 1 heterocycles. The fraction of sp³-hybridized carbons (Fsp3) is 0.400. The lowest BCUT2D eigenvalue weighted by Crippen LogP contribution is -3.00. The molecule has 0 atom stereocenters. The summed E-state index contributed by atoms with van der Waals surface area (Å²) in [7, 11) is -7.61. The first kappa shape index (κ1) is 70.6. The normalized spacial score (nSPS) is 11.8. The van der Waals surface area contributed by atoms with Crippen molar-refractivity contribution in [1.29, 1.82) is 0 Å². The summed E-state index contributed by atoms with van der Waals surface area (Å²) in [5.74, 6) is 0. The van der Waals surface area contributed by atoms with Gasteiger partial charge in [0, 0.05) is 132 Å². The van der Waals surface area contributed by atoms with Crippen LogP contribution in [0.4, 0.5) is 39.8 Å². The summed E-state index contributed by atoms with van der Waals surface area (Å²) in [5, 5.41) is 1.28. The number of nitrogen functional groups attached to an aromatic ring is 2. The molecule has 7 rings (SSSR count). The highest BCUT2D eigenvalue weighted by atomic mass is 35.5. The van der Waals surface area contributed by atoms with Gasteiger partial charge in [-0.05, 0) is 180 Å². The summed E-state index contributed by atoms with van der Waals surface area (Å²) in [4.78, 5) is 20.3. The Hall–Kier alpha value is -5.65. The molecule has 0 bridgehead atoms. The van der Waals surface area contributed by atoms with Gasteiger partial charge in [-0.3, -0.25) is 9.11 Å².